The molecule has 0 saturated carbocycles. The molecule has 3 rings (SSSR count). The summed E-state index contributed by atoms with van der Waals surface area (Å²) in [5.41, 5.74) is -1.69. The van der Waals surface area contributed by atoms with E-state index in [2.05, 4.69) is 4.90 Å². The van der Waals surface area contributed by atoms with E-state index in [0.717, 1.165) is 37.0 Å². The highest BCUT2D eigenvalue weighted by Gasteiger charge is 2.39. The fraction of sp³-hybridized carbons (Fsp3) is 0.417. The molecule has 0 spiro atoms. The molecule has 6 nitrogen and oxygen atoms in total. The predicted octanol–water partition coefficient (Wildman–Crippen LogP) is 3.34. The van der Waals surface area contributed by atoms with Gasteiger partial charge in [-0.25, -0.2) is 0 Å². The molecule has 0 radical (unpaired) electrons. The number of nitrogens with zero attached hydrogens (tertiary/aromatic N) is 2. The van der Waals surface area contributed by atoms with E-state index < -0.39 is 54.8 Å². The lowest BCUT2D eigenvalue weighted by molar-refractivity contribution is -0.116. The molecule has 1 heterocycles. The lowest BCUT2D eigenvalue weighted by atomic mass is 9.93. The number of nitriles is 1. The quantitative estimate of drug-likeness (QED) is 0.411. The highest BCUT2D eigenvalue weighted by Crippen LogP contribution is 2.38. The molecule has 1 fully saturated rings. The number of aliphatic hydroxyl groups excluding tert-OH is 3. The maximum atomic E-state index is 14.0. The molecule has 0 aromatic heterocycles. The Labute approximate surface area is 189 Å². The predicted molar refractivity (Wildman–Crippen MR) is 117 cm³/mol. The number of allylic oxidation sites excluding steroid dienone is 2. The molecule has 176 valence electrons. The van der Waals surface area contributed by atoms with Crippen molar-refractivity contribution < 1.29 is 33.3 Å². The molecular weight excluding hydrogens is 437 g/mol. The van der Waals surface area contributed by atoms with Gasteiger partial charge in [0.25, 0.3) is 0 Å². The number of alkyl halides is 3. The summed E-state index contributed by atoms with van der Waals surface area (Å²) >= 11 is 0. The first-order valence-electron chi connectivity index (χ1n) is 10.7. The van der Waals surface area contributed by atoms with Crippen molar-refractivity contribution in [2.45, 2.75) is 44.1 Å². The van der Waals surface area contributed by atoms with Gasteiger partial charge in [-0.05, 0) is 53.8 Å². The third-order valence-electron chi connectivity index (χ3n) is 5.81. The van der Waals surface area contributed by atoms with E-state index >= 15 is 0 Å². The molecule has 1 saturated heterocycles. The van der Waals surface area contributed by atoms with E-state index in [9.17, 15) is 33.4 Å². The first kappa shape index (κ1) is 24.7. The number of ketones is 1. The Morgan fingerprint density at radius 3 is 2.30 bits per heavy atom. The summed E-state index contributed by atoms with van der Waals surface area (Å²) in [6, 6.07) is 10.9. The average molecular weight is 462 g/mol. The van der Waals surface area contributed by atoms with Gasteiger partial charge in [0.1, 0.15) is 17.7 Å². The molecule has 3 N–H and O–H groups in total. The minimum Gasteiger partial charge on any atom is -0.394 e. The fourth-order valence-electron chi connectivity index (χ4n) is 3.99. The maximum Gasteiger partial charge on any atom is 0.418 e. The first-order valence-corrected chi connectivity index (χ1v) is 10.7. The van der Waals surface area contributed by atoms with Crippen molar-refractivity contribution in [3.8, 4) is 6.07 Å². The zero-order valence-corrected chi connectivity index (χ0v) is 17.8. The Kier molecular flexibility index (Phi) is 7.74. The van der Waals surface area contributed by atoms with Crippen molar-refractivity contribution in [1.29, 1.82) is 5.26 Å². The van der Waals surface area contributed by atoms with Crippen LogP contribution in [0.25, 0.3) is 16.3 Å². The van der Waals surface area contributed by atoms with Crippen molar-refractivity contribution in [1.82, 2.24) is 0 Å². The van der Waals surface area contributed by atoms with Gasteiger partial charge in [0, 0.05) is 25.2 Å². The Bertz CT molecular complexity index is 1090. The number of hydrogen-bond acceptors (Lipinski definition) is 6. The third kappa shape index (κ3) is 5.71. The minimum absolute atomic E-state index is 0.301. The number of anilines is 1. The Morgan fingerprint density at radius 2 is 1.70 bits per heavy atom. The van der Waals surface area contributed by atoms with E-state index in [1.807, 2.05) is 12.1 Å². The number of carbonyl (C=O) groups excluding carboxylic acids is 1. The first-order chi connectivity index (χ1) is 15.7. The minimum atomic E-state index is -4.97. The van der Waals surface area contributed by atoms with Crippen LogP contribution in [0.1, 0.15) is 31.2 Å². The van der Waals surface area contributed by atoms with Gasteiger partial charge < -0.3 is 20.2 Å². The highest BCUT2D eigenvalue weighted by molar-refractivity contribution is 6.07. The number of hydrogen-bond donors (Lipinski definition) is 3. The van der Waals surface area contributed by atoms with Crippen LogP contribution >= 0.6 is 0 Å². The molecule has 1 aliphatic heterocycles. The summed E-state index contributed by atoms with van der Waals surface area (Å²) < 4.78 is 41.9. The molecule has 0 bridgehead atoms. The van der Waals surface area contributed by atoms with Crippen LogP contribution in [0.5, 0.6) is 0 Å². The Hall–Kier alpha value is -2.93. The number of halogens is 3. The fourth-order valence-corrected chi connectivity index (χ4v) is 3.99. The summed E-state index contributed by atoms with van der Waals surface area (Å²) in [6.45, 7) is 1.10. The van der Waals surface area contributed by atoms with Crippen LogP contribution in [0.15, 0.2) is 42.0 Å². The largest absolute Gasteiger partial charge is 0.418 e. The van der Waals surface area contributed by atoms with E-state index in [-0.39, 0.29) is 5.56 Å². The van der Waals surface area contributed by atoms with Gasteiger partial charge in [-0.3, -0.25) is 4.79 Å². The van der Waals surface area contributed by atoms with Crippen molar-refractivity contribution in [3.05, 3.63) is 47.5 Å². The molecule has 2 aromatic rings. The van der Waals surface area contributed by atoms with Crippen LogP contribution in [-0.4, -0.2) is 59.2 Å². The summed E-state index contributed by atoms with van der Waals surface area (Å²) in [5, 5.41) is 38.6. The van der Waals surface area contributed by atoms with Gasteiger partial charge >= 0.3 is 6.18 Å². The van der Waals surface area contributed by atoms with Crippen molar-refractivity contribution in [2.24, 2.45) is 0 Å². The molecule has 9 heteroatoms. The van der Waals surface area contributed by atoms with Gasteiger partial charge in [-0.2, -0.15) is 18.4 Å². The van der Waals surface area contributed by atoms with E-state index in [1.54, 1.807) is 6.07 Å². The van der Waals surface area contributed by atoms with Crippen LogP contribution in [0.2, 0.25) is 0 Å². The SMILES string of the molecule is N#C/C(C(=O)CCC(O)C(O)CO)=C(\c1ccc2cc(N3CCCC3)ccc2c1)C(F)(F)F. The molecule has 33 heavy (non-hydrogen) atoms. The van der Waals surface area contributed by atoms with Crippen LogP contribution in [0.3, 0.4) is 0 Å². The second-order valence-electron chi connectivity index (χ2n) is 8.08. The molecule has 0 aliphatic carbocycles. The van der Waals surface area contributed by atoms with E-state index in [0.29, 0.717) is 5.39 Å². The van der Waals surface area contributed by atoms with Crippen LogP contribution in [0.4, 0.5) is 18.9 Å². The lowest BCUT2D eigenvalue weighted by Gasteiger charge is -2.19. The van der Waals surface area contributed by atoms with Gasteiger partial charge in [0.15, 0.2) is 5.78 Å². The van der Waals surface area contributed by atoms with Crippen molar-refractivity contribution in [2.75, 3.05) is 24.6 Å². The summed E-state index contributed by atoms with van der Waals surface area (Å²) in [4.78, 5) is 14.7. The lowest BCUT2D eigenvalue weighted by Crippen LogP contribution is -2.30. The maximum absolute atomic E-state index is 14.0. The van der Waals surface area contributed by atoms with E-state index in [4.69, 9.17) is 5.11 Å². The molecular formula is C24H25F3N2O4. The monoisotopic (exact) mass is 462 g/mol. The molecule has 2 atom stereocenters. The van der Waals surface area contributed by atoms with Crippen LogP contribution in [0, 0.1) is 11.3 Å². The number of fused-ring (bicyclic) bond motifs is 1. The summed E-state index contributed by atoms with van der Waals surface area (Å²) in [6.07, 6.45) is -6.79. The zero-order valence-electron chi connectivity index (χ0n) is 17.8. The van der Waals surface area contributed by atoms with Gasteiger partial charge in [-0.15, -0.1) is 0 Å². The zero-order chi connectivity index (χ0) is 24.2. The van der Waals surface area contributed by atoms with Crippen LogP contribution in [-0.2, 0) is 4.79 Å². The standard InChI is InChI=1S/C24H25F3N2O4/c25-24(26,27)23(19(13-28)20(31)7-8-21(32)22(33)14-30)17-4-3-16-12-18(6-5-15(16)11-17)29-9-1-2-10-29/h3-6,11-12,21-22,30,32-33H,1-2,7-10,14H2/b23-19-. The van der Waals surface area contributed by atoms with Gasteiger partial charge in [0.2, 0.25) is 0 Å². The molecule has 2 aromatic carbocycles. The van der Waals surface area contributed by atoms with Crippen LogP contribution < -0.4 is 4.90 Å². The number of benzene rings is 2. The number of aliphatic hydroxyl groups is 3. The molecule has 1 aliphatic rings. The average Bonchev–Trinajstić information content (AvgIpc) is 3.33. The second kappa shape index (κ2) is 10.3. The van der Waals surface area contributed by atoms with E-state index in [1.165, 1.54) is 24.3 Å². The Balaban J connectivity index is 1.96. The topological polar surface area (TPSA) is 105 Å². The molecule has 0 amide bonds. The number of carbonyl (C=O) groups is 1. The van der Waals surface area contributed by atoms with Crippen molar-refractivity contribution in [3.63, 3.8) is 0 Å². The van der Waals surface area contributed by atoms with Gasteiger partial charge in [0.05, 0.1) is 18.3 Å². The smallest absolute Gasteiger partial charge is 0.394 e. The summed E-state index contributed by atoms with van der Waals surface area (Å²) in [5.74, 6) is -1.10. The highest BCUT2D eigenvalue weighted by atomic mass is 19.4. The van der Waals surface area contributed by atoms with Crippen molar-refractivity contribution >= 4 is 27.8 Å². The number of Topliss-reactive ketones (excluding diaryl/α,β-unsaturated/α-hetero) is 1. The molecule has 2 unspecified atom stereocenters. The third-order valence-corrected chi connectivity index (χ3v) is 5.81. The Morgan fingerprint density at radius 1 is 1.06 bits per heavy atom. The number of rotatable bonds is 8. The second-order valence-corrected chi connectivity index (χ2v) is 8.08. The summed E-state index contributed by atoms with van der Waals surface area (Å²) in [7, 11) is 0. The normalized spacial score (nSPS) is 16.9. The van der Waals surface area contributed by atoms with Gasteiger partial charge in [-0.1, -0.05) is 18.2 Å².